The van der Waals surface area contributed by atoms with Crippen LogP contribution in [-0.2, 0) is 16.0 Å². The largest absolute Gasteiger partial charge is 0.461 e. The first-order chi connectivity index (χ1) is 18.6. The summed E-state index contributed by atoms with van der Waals surface area (Å²) in [6, 6.07) is 10.3. The molecule has 0 spiro atoms. The van der Waals surface area contributed by atoms with Crippen LogP contribution in [0.25, 0.3) is 0 Å². The van der Waals surface area contributed by atoms with Crippen molar-refractivity contribution in [2.45, 2.75) is 122 Å². The number of alkyl halides is 1. The molecule has 216 valence electrons. The summed E-state index contributed by atoms with van der Waals surface area (Å²) in [4.78, 5) is 13.0. The van der Waals surface area contributed by atoms with Gasteiger partial charge in [0.25, 0.3) is 0 Å². The van der Waals surface area contributed by atoms with E-state index in [2.05, 4.69) is 75.4 Å². The number of allylic oxidation sites excluding steroid dienone is 1. The maximum Gasteiger partial charge on any atom is 0.319 e. The second-order valence-electron chi connectivity index (χ2n) is 14.7. The summed E-state index contributed by atoms with van der Waals surface area (Å²) in [5, 5.41) is 0. The Labute approximate surface area is 252 Å². The lowest BCUT2D eigenvalue weighted by Gasteiger charge is -2.58. The van der Waals surface area contributed by atoms with Crippen molar-refractivity contribution in [3.63, 3.8) is 0 Å². The highest BCUT2D eigenvalue weighted by atomic mass is 127. The summed E-state index contributed by atoms with van der Waals surface area (Å²) in [5.74, 6) is 5.16. The molecule has 5 rings (SSSR count). The average Bonchev–Trinajstić information content (AvgIpc) is 3.26. The van der Waals surface area contributed by atoms with Crippen molar-refractivity contribution in [2.75, 3.05) is 0 Å². The predicted octanol–water partition coefficient (Wildman–Crippen LogP) is 9.99. The highest BCUT2D eigenvalue weighted by molar-refractivity contribution is 14.1. The summed E-state index contributed by atoms with van der Waals surface area (Å²) in [7, 11) is 0. The highest BCUT2D eigenvalue weighted by Gasteiger charge is 2.59. The molecule has 39 heavy (non-hydrogen) atoms. The molecule has 3 saturated carbocycles. The molecular formula is C36H53IO2. The Balaban J connectivity index is 1.21. The van der Waals surface area contributed by atoms with Gasteiger partial charge in [0.05, 0.1) is 0 Å². The smallest absolute Gasteiger partial charge is 0.319 e. The third-order valence-corrected chi connectivity index (χ3v) is 13.0. The minimum atomic E-state index is -0.123. The Hall–Kier alpha value is -0.840. The number of ether oxygens (including phenoxy) is 1. The first-order valence-electron chi connectivity index (χ1n) is 16.2. The van der Waals surface area contributed by atoms with Crippen LogP contribution in [0.4, 0.5) is 0 Å². The van der Waals surface area contributed by atoms with E-state index in [-0.39, 0.29) is 16.0 Å². The highest BCUT2D eigenvalue weighted by Crippen LogP contribution is 2.67. The van der Waals surface area contributed by atoms with E-state index >= 15 is 0 Å². The summed E-state index contributed by atoms with van der Waals surface area (Å²) in [5.41, 5.74) is 3.67. The fourth-order valence-electron chi connectivity index (χ4n) is 9.90. The lowest BCUT2D eigenvalue weighted by molar-refractivity contribution is -0.150. The number of hydrogen-bond donors (Lipinski definition) is 0. The summed E-state index contributed by atoms with van der Waals surface area (Å²) in [6.45, 7) is 12.6. The number of fused-ring (bicyclic) bond motifs is 5. The summed E-state index contributed by atoms with van der Waals surface area (Å²) >= 11 is 2.27. The predicted molar refractivity (Wildman–Crippen MR) is 171 cm³/mol. The van der Waals surface area contributed by atoms with Gasteiger partial charge < -0.3 is 4.74 Å². The molecule has 0 aromatic heterocycles. The molecule has 9 atom stereocenters. The lowest BCUT2D eigenvalue weighted by atomic mass is 9.47. The van der Waals surface area contributed by atoms with Gasteiger partial charge in [-0.3, -0.25) is 4.79 Å². The molecule has 1 aromatic rings. The van der Waals surface area contributed by atoms with E-state index in [9.17, 15) is 4.79 Å². The van der Waals surface area contributed by atoms with Crippen molar-refractivity contribution in [3.8, 4) is 0 Å². The second kappa shape index (κ2) is 12.2. The number of esters is 1. The maximum atomic E-state index is 13.0. The zero-order valence-electron chi connectivity index (χ0n) is 25.3. The molecule has 1 aromatic carbocycles. The molecule has 3 fully saturated rings. The molecule has 0 aliphatic heterocycles. The van der Waals surface area contributed by atoms with Gasteiger partial charge in [0.2, 0.25) is 0 Å². The van der Waals surface area contributed by atoms with Gasteiger partial charge in [-0.25, -0.2) is 0 Å². The topological polar surface area (TPSA) is 26.3 Å². The molecule has 0 radical (unpaired) electrons. The van der Waals surface area contributed by atoms with Gasteiger partial charge in [-0.15, -0.1) is 0 Å². The van der Waals surface area contributed by atoms with Crippen LogP contribution >= 0.6 is 22.6 Å². The molecule has 0 heterocycles. The number of carbonyl (C=O) groups excluding carboxylic acids is 1. The fraction of sp³-hybridized carbons (Fsp3) is 0.750. The van der Waals surface area contributed by atoms with Crippen LogP contribution in [-0.4, -0.2) is 16.0 Å². The third kappa shape index (κ3) is 6.05. The Kier molecular flexibility index (Phi) is 9.26. The first kappa shape index (κ1) is 29.6. The minimum Gasteiger partial charge on any atom is -0.461 e. The van der Waals surface area contributed by atoms with Gasteiger partial charge in [0.1, 0.15) is 10.0 Å². The zero-order chi connectivity index (χ0) is 27.8. The van der Waals surface area contributed by atoms with E-state index < -0.39 is 0 Å². The van der Waals surface area contributed by atoms with E-state index in [0.29, 0.717) is 10.8 Å². The molecule has 0 saturated heterocycles. The van der Waals surface area contributed by atoms with E-state index in [0.717, 1.165) is 54.8 Å². The van der Waals surface area contributed by atoms with Crippen LogP contribution in [0.1, 0.15) is 111 Å². The molecule has 0 N–H and O–H groups in total. The minimum absolute atomic E-state index is 0.0321. The van der Waals surface area contributed by atoms with Crippen molar-refractivity contribution in [1.29, 1.82) is 0 Å². The van der Waals surface area contributed by atoms with Gasteiger partial charge in [0.15, 0.2) is 0 Å². The van der Waals surface area contributed by atoms with Crippen LogP contribution in [0.2, 0.25) is 0 Å². The number of rotatable bonds is 9. The van der Waals surface area contributed by atoms with E-state index in [1.54, 1.807) is 5.57 Å². The van der Waals surface area contributed by atoms with Crippen LogP contribution in [0.3, 0.4) is 0 Å². The SMILES string of the molecule is CC(C)CCC[C@H](C)[C@@H]1CC[C@@H]2[C@H]3CC=C4C[C@@H](OC(=O)[C@H](I)Cc5ccccc5)CC[C@]4(C)[C@@H]3CC[C@@]21C. The molecule has 2 nitrogen and oxygen atoms in total. The van der Waals surface area contributed by atoms with Crippen molar-refractivity contribution in [1.82, 2.24) is 0 Å². The van der Waals surface area contributed by atoms with Crippen molar-refractivity contribution in [2.24, 2.45) is 46.3 Å². The normalized spacial score (nSPS) is 37.3. The third-order valence-electron chi connectivity index (χ3n) is 12.1. The van der Waals surface area contributed by atoms with E-state index in [1.165, 1.54) is 63.4 Å². The quantitative estimate of drug-likeness (QED) is 0.116. The Morgan fingerprint density at radius 1 is 1.00 bits per heavy atom. The maximum absolute atomic E-state index is 13.0. The number of halogens is 1. The standard InChI is InChI=1S/C36H53IO2/c1-24(2)10-9-11-25(3)30-16-17-31-29-15-14-27-23-28(18-20-35(27,4)32(29)19-21-36(30,31)5)39-34(38)33(37)22-26-12-7-6-8-13-26/h6-8,12-14,24-25,28-33H,9-11,15-23H2,1-5H3/t25-,28-,29+,30-,31+,32+,33+,35-,36+/m0/s1. The van der Waals surface area contributed by atoms with Crippen molar-refractivity contribution in [3.05, 3.63) is 47.5 Å². The average molecular weight is 645 g/mol. The van der Waals surface area contributed by atoms with Gasteiger partial charge in [0, 0.05) is 6.42 Å². The van der Waals surface area contributed by atoms with Crippen LogP contribution in [0.15, 0.2) is 42.0 Å². The second-order valence-corrected chi connectivity index (χ2v) is 16.3. The van der Waals surface area contributed by atoms with Crippen LogP contribution in [0.5, 0.6) is 0 Å². The molecule has 4 aliphatic carbocycles. The first-order valence-corrected chi connectivity index (χ1v) is 17.4. The Morgan fingerprint density at radius 2 is 1.77 bits per heavy atom. The Bertz CT molecular complexity index is 1020. The molecule has 0 amide bonds. The van der Waals surface area contributed by atoms with Gasteiger partial charge in [-0.05, 0) is 103 Å². The Morgan fingerprint density at radius 3 is 2.51 bits per heavy atom. The lowest BCUT2D eigenvalue weighted by Crippen LogP contribution is -2.51. The van der Waals surface area contributed by atoms with Gasteiger partial charge in [-0.1, -0.05) is 118 Å². The molecule has 3 heteroatoms. The molecule has 4 aliphatic rings. The van der Waals surface area contributed by atoms with E-state index in [1.807, 2.05) is 18.2 Å². The van der Waals surface area contributed by atoms with Crippen LogP contribution in [0, 0.1) is 46.3 Å². The monoisotopic (exact) mass is 644 g/mol. The molecule has 0 unspecified atom stereocenters. The zero-order valence-corrected chi connectivity index (χ0v) is 27.4. The number of benzene rings is 1. The summed E-state index contributed by atoms with van der Waals surface area (Å²) < 4.78 is 6.02. The van der Waals surface area contributed by atoms with E-state index in [4.69, 9.17) is 4.74 Å². The molecular weight excluding hydrogens is 591 g/mol. The fourth-order valence-corrected chi connectivity index (χ4v) is 10.6. The number of hydrogen-bond acceptors (Lipinski definition) is 2. The van der Waals surface area contributed by atoms with Gasteiger partial charge in [-0.2, -0.15) is 0 Å². The number of carbonyl (C=O) groups is 1. The van der Waals surface area contributed by atoms with Crippen molar-refractivity contribution >= 4 is 28.6 Å². The van der Waals surface area contributed by atoms with Crippen molar-refractivity contribution < 1.29 is 9.53 Å². The summed E-state index contributed by atoms with van der Waals surface area (Å²) in [6.07, 6.45) is 17.8. The van der Waals surface area contributed by atoms with Crippen LogP contribution < -0.4 is 0 Å². The van der Waals surface area contributed by atoms with Gasteiger partial charge >= 0.3 is 5.97 Å². The molecule has 0 bridgehead atoms.